The first-order valence-corrected chi connectivity index (χ1v) is 7.16. The lowest BCUT2D eigenvalue weighted by molar-refractivity contribution is 0.102. The van der Waals surface area contributed by atoms with Gasteiger partial charge in [-0.2, -0.15) is 0 Å². The smallest absolute Gasteiger partial charge is 0.256 e. The maximum Gasteiger partial charge on any atom is 0.256 e. The summed E-state index contributed by atoms with van der Waals surface area (Å²) >= 11 is 3.36. The number of carbonyl (C=O) groups excluding carboxylic acids is 1. The molecule has 21 heavy (non-hydrogen) atoms. The van der Waals surface area contributed by atoms with Crippen LogP contribution in [0.2, 0.25) is 0 Å². The number of carbonyl (C=O) groups is 1. The van der Waals surface area contributed by atoms with Crippen LogP contribution >= 0.6 is 15.9 Å². The molecular weight excluding hydrogens is 334 g/mol. The summed E-state index contributed by atoms with van der Waals surface area (Å²) in [6.45, 7) is 3.61. The number of aromatic hydroxyl groups is 1. The summed E-state index contributed by atoms with van der Waals surface area (Å²) in [5.74, 6) is 0.587. The third-order valence-electron chi connectivity index (χ3n) is 3.21. The van der Waals surface area contributed by atoms with Crippen LogP contribution in [0.5, 0.6) is 11.5 Å². The standard InChI is InChI=1S/C16H16BrNO3/c1-9-7-15(19)10(2)6-14(9)18-16(20)12-8-11(21-3)4-5-13(12)17/h4-8,19H,1-3H3,(H,18,20). The molecule has 0 aliphatic carbocycles. The number of ether oxygens (including phenoxy) is 1. The summed E-state index contributed by atoms with van der Waals surface area (Å²) in [4.78, 5) is 12.4. The topological polar surface area (TPSA) is 58.6 Å². The first-order chi connectivity index (χ1) is 9.92. The SMILES string of the molecule is COc1ccc(Br)c(C(=O)Nc2cc(C)c(O)cc2C)c1. The van der Waals surface area contributed by atoms with Crippen LogP contribution in [-0.4, -0.2) is 18.1 Å². The zero-order valence-corrected chi connectivity index (χ0v) is 13.6. The highest BCUT2D eigenvalue weighted by Crippen LogP contribution is 2.27. The number of rotatable bonds is 3. The zero-order chi connectivity index (χ0) is 15.6. The second-order valence-corrected chi connectivity index (χ2v) is 5.61. The molecule has 0 radical (unpaired) electrons. The number of hydrogen-bond donors (Lipinski definition) is 2. The Kier molecular flexibility index (Phi) is 4.53. The Balaban J connectivity index is 2.32. The summed E-state index contributed by atoms with van der Waals surface area (Å²) in [5.41, 5.74) is 2.66. The highest BCUT2D eigenvalue weighted by atomic mass is 79.9. The molecule has 0 bridgehead atoms. The number of hydrogen-bond acceptors (Lipinski definition) is 3. The van der Waals surface area contributed by atoms with Crippen LogP contribution in [0, 0.1) is 13.8 Å². The average molecular weight is 350 g/mol. The van der Waals surface area contributed by atoms with Crippen LogP contribution in [-0.2, 0) is 0 Å². The highest BCUT2D eigenvalue weighted by Gasteiger charge is 2.13. The molecule has 2 aromatic rings. The summed E-state index contributed by atoms with van der Waals surface area (Å²) in [6.07, 6.45) is 0. The molecule has 2 aromatic carbocycles. The second kappa shape index (κ2) is 6.18. The molecule has 0 atom stereocenters. The third kappa shape index (κ3) is 3.36. The number of amides is 1. The Hall–Kier alpha value is -2.01. The molecule has 4 nitrogen and oxygen atoms in total. The fourth-order valence-corrected chi connectivity index (χ4v) is 2.36. The van der Waals surface area contributed by atoms with Crippen LogP contribution in [0.4, 0.5) is 5.69 Å². The highest BCUT2D eigenvalue weighted by molar-refractivity contribution is 9.10. The van der Waals surface area contributed by atoms with Gasteiger partial charge in [-0.3, -0.25) is 4.79 Å². The summed E-state index contributed by atoms with van der Waals surface area (Å²) in [7, 11) is 1.55. The van der Waals surface area contributed by atoms with Crippen molar-refractivity contribution in [2.75, 3.05) is 12.4 Å². The predicted molar refractivity (Wildman–Crippen MR) is 86.2 cm³/mol. The van der Waals surface area contributed by atoms with Gasteiger partial charge < -0.3 is 15.2 Å². The Morgan fingerprint density at radius 2 is 1.90 bits per heavy atom. The van der Waals surface area contributed by atoms with Gasteiger partial charge in [0.2, 0.25) is 0 Å². The van der Waals surface area contributed by atoms with Crippen LogP contribution in [0.25, 0.3) is 0 Å². The van der Waals surface area contributed by atoms with Crippen LogP contribution in [0.1, 0.15) is 21.5 Å². The Labute approximate surface area is 131 Å². The van der Waals surface area contributed by atoms with E-state index in [0.29, 0.717) is 27.0 Å². The van der Waals surface area contributed by atoms with Crippen LogP contribution in [0.3, 0.4) is 0 Å². The molecule has 0 unspecified atom stereocenters. The largest absolute Gasteiger partial charge is 0.508 e. The number of nitrogens with one attached hydrogen (secondary N) is 1. The van der Waals surface area contributed by atoms with Crippen molar-refractivity contribution in [2.24, 2.45) is 0 Å². The summed E-state index contributed by atoms with van der Waals surface area (Å²) in [5, 5.41) is 12.5. The molecule has 110 valence electrons. The molecule has 0 fully saturated rings. The van der Waals surface area contributed by atoms with Crippen molar-refractivity contribution in [3.05, 3.63) is 51.5 Å². The number of aryl methyl sites for hydroxylation is 2. The van der Waals surface area contributed by atoms with E-state index in [2.05, 4.69) is 21.2 Å². The van der Waals surface area contributed by atoms with Crippen molar-refractivity contribution in [3.63, 3.8) is 0 Å². The van der Waals surface area contributed by atoms with Gasteiger partial charge in [0.05, 0.1) is 12.7 Å². The lowest BCUT2D eigenvalue weighted by atomic mass is 10.1. The molecule has 0 spiro atoms. The second-order valence-electron chi connectivity index (χ2n) is 4.75. The number of methoxy groups -OCH3 is 1. The Morgan fingerprint density at radius 1 is 1.19 bits per heavy atom. The van der Waals surface area contributed by atoms with Gasteiger partial charge in [-0.05, 0) is 71.2 Å². The van der Waals surface area contributed by atoms with Gasteiger partial charge in [-0.25, -0.2) is 0 Å². The van der Waals surface area contributed by atoms with E-state index in [1.165, 1.54) is 0 Å². The zero-order valence-electron chi connectivity index (χ0n) is 12.0. The molecule has 0 saturated carbocycles. The van der Waals surface area contributed by atoms with Crippen LogP contribution in [0.15, 0.2) is 34.8 Å². The van der Waals surface area contributed by atoms with Crippen molar-refractivity contribution in [1.82, 2.24) is 0 Å². The number of benzene rings is 2. The molecule has 5 heteroatoms. The van der Waals surface area contributed by atoms with Gasteiger partial charge in [-0.1, -0.05) is 0 Å². The number of halogens is 1. The number of anilines is 1. The maximum absolute atomic E-state index is 12.4. The number of phenols is 1. The van der Waals surface area contributed by atoms with Crippen molar-refractivity contribution in [3.8, 4) is 11.5 Å². The third-order valence-corrected chi connectivity index (χ3v) is 3.90. The van der Waals surface area contributed by atoms with Gasteiger partial charge in [0.15, 0.2) is 0 Å². The lowest BCUT2D eigenvalue weighted by Crippen LogP contribution is -2.13. The van der Waals surface area contributed by atoms with E-state index in [0.717, 1.165) is 5.56 Å². The van der Waals surface area contributed by atoms with Gasteiger partial charge in [0.1, 0.15) is 11.5 Å². The molecule has 2 N–H and O–H groups in total. The van der Waals surface area contributed by atoms with Gasteiger partial charge in [0, 0.05) is 10.2 Å². The van der Waals surface area contributed by atoms with Gasteiger partial charge >= 0.3 is 0 Å². The van der Waals surface area contributed by atoms with Gasteiger partial charge in [0.25, 0.3) is 5.91 Å². The molecular formula is C16H16BrNO3. The fraction of sp³-hybridized carbons (Fsp3) is 0.188. The molecule has 0 aliphatic heterocycles. The fourth-order valence-electron chi connectivity index (χ4n) is 1.93. The Morgan fingerprint density at radius 3 is 2.57 bits per heavy atom. The maximum atomic E-state index is 12.4. The Bertz CT molecular complexity index is 698. The summed E-state index contributed by atoms with van der Waals surface area (Å²) < 4.78 is 5.82. The molecule has 0 aromatic heterocycles. The number of phenolic OH excluding ortho intramolecular Hbond substituents is 1. The monoisotopic (exact) mass is 349 g/mol. The minimum absolute atomic E-state index is 0.216. The average Bonchev–Trinajstić information content (AvgIpc) is 2.45. The van der Waals surface area contributed by atoms with E-state index in [9.17, 15) is 9.90 Å². The quantitative estimate of drug-likeness (QED) is 0.822. The van der Waals surface area contributed by atoms with Crippen molar-refractivity contribution < 1.29 is 14.6 Å². The van der Waals surface area contributed by atoms with Gasteiger partial charge in [-0.15, -0.1) is 0 Å². The molecule has 0 saturated heterocycles. The lowest BCUT2D eigenvalue weighted by Gasteiger charge is -2.12. The predicted octanol–water partition coefficient (Wildman–Crippen LogP) is 4.03. The minimum atomic E-state index is -0.242. The molecule has 1 amide bonds. The van der Waals surface area contributed by atoms with E-state index < -0.39 is 0 Å². The van der Waals surface area contributed by atoms with Crippen molar-refractivity contribution >= 4 is 27.5 Å². The van der Waals surface area contributed by atoms with E-state index in [1.807, 2.05) is 6.92 Å². The normalized spacial score (nSPS) is 10.3. The summed E-state index contributed by atoms with van der Waals surface area (Å²) in [6, 6.07) is 8.59. The van der Waals surface area contributed by atoms with Crippen molar-refractivity contribution in [2.45, 2.75) is 13.8 Å². The van der Waals surface area contributed by atoms with E-state index in [4.69, 9.17) is 4.74 Å². The molecule has 0 aliphatic rings. The van der Waals surface area contributed by atoms with E-state index in [-0.39, 0.29) is 11.7 Å². The van der Waals surface area contributed by atoms with Crippen molar-refractivity contribution in [1.29, 1.82) is 0 Å². The minimum Gasteiger partial charge on any atom is -0.508 e. The first-order valence-electron chi connectivity index (χ1n) is 6.37. The molecule has 2 rings (SSSR count). The first kappa shape index (κ1) is 15.4. The van der Waals surface area contributed by atoms with Crippen LogP contribution < -0.4 is 10.1 Å². The molecule has 0 heterocycles. The van der Waals surface area contributed by atoms with E-state index in [1.54, 1.807) is 44.4 Å². The van der Waals surface area contributed by atoms with E-state index >= 15 is 0 Å².